The fourth-order valence-electron chi connectivity index (χ4n) is 1.87. The van der Waals surface area contributed by atoms with Crippen LogP contribution in [0.15, 0.2) is 0 Å². The highest BCUT2D eigenvalue weighted by Crippen LogP contribution is 2.38. The number of aliphatic hydroxyl groups excluding tert-OH is 2. The first-order valence-corrected chi connectivity index (χ1v) is 4.59. The SMILES string of the molecule is CC1(COCC(=O)O)CC(O)C(O)C1. The highest BCUT2D eigenvalue weighted by molar-refractivity contribution is 5.67. The van der Waals surface area contributed by atoms with Crippen LogP contribution in [-0.4, -0.2) is 46.7 Å². The van der Waals surface area contributed by atoms with E-state index in [1.807, 2.05) is 6.92 Å². The Bertz CT molecular complexity index is 205. The maximum absolute atomic E-state index is 10.2. The van der Waals surface area contributed by atoms with Crippen molar-refractivity contribution in [2.24, 2.45) is 5.41 Å². The van der Waals surface area contributed by atoms with E-state index in [0.717, 1.165) is 0 Å². The first-order chi connectivity index (χ1) is 6.43. The summed E-state index contributed by atoms with van der Waals surface area (Å²) in [5.74, 6) is -1.01. The molecule has 5 heteroatoms. The van der Waals surface area contributed by atoms with Gasteiger partial charge in [-0.3, -0.25) is 0 Å². The van der Waals surface area contributed by atoms with Crippen molar-refractivity contribution in [2.75, 3.05) is 13.2 Å². The van der Waals surface area contributed by atoms with Gasteiger partial charge in [0.1, 0.15) is 6.61 Å². The van der Waals surface area contributed by atoms with E-state index in [0.29, 0.717) is 12.8 Å². The van der Waals surface area contributed by atoms with E-state index < -0.39 is 18.2 Å². The Kier molecular flexibility index (Phi) is 3.47. The number of carbonyl (C=O) groups is 1. The molecule has 2 atom stereocenters. The smallest absolute Gasteiger partial charge is 0.329 e. The lowest BCUT2D eigenvalue weighted by Gasteiger charge is -2.22. The van der Waals surface area contributed by atoms with Crippen LogP contribution in [0.5, 0.6) is 0 Å². The zero-order valence-corrected chi connectivity index (χ0v) is 8.14. The van der Waals surface area contributed by atoms with Gasteiger partial charge >= 0.3 is 5.97 Å². The molecule has 0 spiro atoms. The molecule has 1 aliphatic carbocycles. The van der Waals surface area contributed by atoms with Crippen LogP contribution in [0.3, 0.4) is 0 Å². The summed E-state index contributed by atoms with van der Waals surface area (Å²) in [5, 5.41) is 27.0. The fraction of sp³-hybridized carbons (Fsp3) is 0.889. The molecule has 5 nitrogen and oxygen atoms in total. The van der Waals surface area contributed by atoms with Crippen molar-refractivity contribution in [1.82, 2.24) is 0 Å². The molecule has 0 aliphatic heterocycles. The molecule has 1 fully saturated rings. The lowest BCUT2D eigenvalue weighted by molar-refractivity contribution is -0.143. The number of aliphatic carboxylic acids is 1. The quantitative estimate of drug-likeness (QED) is 0.580. The molecule has 0 amide bonds. The molecule has 1 aliphatic rings. The molecule has 0 aromatic carbocycles. The molecule has 0 radical (unpaired) electrons. The van der Waals surface area contributed by atoms with E-state index in [9.17, 15) is 15.0 Å². The second-order valence-electron chi connectivity index (χ2n) is 4.24. The summed E-state index contributed by atoms with van der Waals surface area (Å²) in [4.78, 5) is 10.2. The van der Waals surface area contributed by atoms with Crippen molar-refractivity contribution in [1.29, 1.82) is 0 Å². The third kappa shape index (κ3) is 2.94. The number of carboxylic acid groups (broad SMARTS) is 1. The Morgan fingerprint density at radius 2 is 1.93 bits per heavy atom. The van der Waals surface area contributed by atoms with Crippen LogP contribution in [-0.2, 0) is 9.53 Å². The molecule has 1 saturated carbocycles. The molecule has 0 bridgehead atoms. The number of rotatable bonds is 4. The van der Waals surface area contributed by atoms with Gasteiger partial charge in [0.25, 0.3) is 0 Å². The predicted octanol–water partition coefficient (Wildman–Crippen LogP) is -0.390. The maximum atomic E-state index is 10.2. The molecule has 0 aromatic heterocycles. The van der Waals surface area contributed by atoms with Gasteiger partial charge < -0.3 is 20.1 Å². The topological polar surface area (TPSA) is 87.0 Å². The average molecular weight is 204 g/mol. The Balaban J connectivity index is 2.33. The lowest BCUT2D eigenvalue weighted by Crippen LogP contribution is -2.23. The molecule has 3 N–H and O–H groups in total. The Morgan fingerprint density at radius 1 is 1.43 bits per heavy atom. The van der Waals surface area contributed by atoms with Gasteiger partial charge in [-0.05, 0) is 18.3 Å². The minimum absolute atomic E-state index is 0.257. The number of aliphatic hydroxyl groups is 2. The molecule has 0 saturated heterocycles. The monoisotopic (exact) mass is 204 g/mol. The van der Waals surface area contributed by atoms with Crippen LogP contribution >= 0.6 is 0 Å². The van der Waals surface area contributed by atoms with Gasteiger partial charge in [-0.25, -0.2) is 4.79 Å². The second kappa shape index (κ2) is 4.25. The van der Waals surface area contributed by atoms with E-state index in [-0.39, 0.29) is 18.6 Å². The van der Waals surface area contributed by atoms with Crippen molar-refractivity contribution in [2.45, 2.75) is 32.0 Å². The van der Waals surface area contributed by atoms with Gasteiger partial charge in [-0.1, -0.05) is 6.92 Å². The first-order valence-electron chi connectivity index (χ1n) is 4.59. The van der Waals surface area contributed by atoms with Crippen molar-refractivity contribution < 1.29 is 24.9 Å². The van der Waals surface area contributed by atoms with Crippen LogP contribution in [0.4, 0.5) is 0 Å². The van der Waals surface area contributed by atoms with Gasteiger partial charge in [0.15, 0.2) is 0 Å². The minimum Gasteiger partial charge on any atom is -0.480 e. The molecule has 2 unspecified atom stereocenters. The summed E-state index contributed by atoms with van der Waals surface area (Å²) in [6.07, 6.45) is -0.525. The normalized spacial score (nSPS) is 37.4. The standard InChI is InChI=1S/C9H16O5/c1-9(5-14-4-8(12)13)2-6(10)7(11)3-9/h6-7,10-11H,2-5H2,1H3,(H,12,13). The van der Waals surface area contributed by atoms with Crippen LogP contribution in [0.1, 0.15) is 19.8 Å². The number of hydrogen-bond donors (Lipinski definition) is 3. The number of ether oxygens (including phenoxy) is 1. The number of carboxylic acids is 1. The molecular formula is C9H16O5. The fourth-order valence-corrected chi connectivity index (χ4v) is 1.87. The summed E-state index contributed by atoms with van der Waals surface area (Å²) >= 11 is 0. The molecule has 14 heavy (non-hydrogen) atoms. The molecular weight excluding hydrogens is 188 g/mol. The Morgan fingerprint density at radius 3 is 2.36 bits per heavy atom. The third-order valence-electron chi connectivity index (χ3n) is 2.52. The second-order valence-corrected chi connectivity index (χ2v) is 4.24. The van der Waals surface area contributed by atoms with Crippen LogP contribution in [0.25, 0.3) is 0 Å². The van der Waals surface area contributed by atoms with Crippen LogP contribution in [0.2, 0.25) is 0 Å². The van der Waals surface area contributed by atoms with Crippen molar-refractivity contribution in [3.63, 3.8) is 0 Å². The van der Waals surface area contributed by atoms with Crippen LogP contribution in [0, 0.1) is 5.41 Å². The van der Waals surface area contributed by atoms with Gasteiger partial charge in [-0.2, -0.15) is 0 Å². The van der Waals surface area contributed by atoms with E-state index in [4.69, 9.17) is 9.84 Å². The lowest BCUT2D eigenvalue weighted by atomic mass is 9.90. The summed E-state index contributed by atoms with van der Waals surface area (Å²) in [5.41, 5.74) is -0.311. The van der Waals surface area contributed by atoms with Crippen molar-refractivity contribution >= 4 is 5.97 Å². The Hall–Kier alpha value is -0.650. The van der Waals surface area contributed by atoms with E-state index in [1.54, 1.807) is 0 Å². The van der Waals surface area contributed by atoms with E-state index in [2.05, 4.69) is 0 Å². The van der Waals surface area contributed by atoms with Gasteiger partial charge in [0.05, 0.1) is 18.8 Å². The minimum atomic E-state index is -1.01. The maximum Gasteiger partial charge on any atom is 0.329 e. The summed E-state index contributed by atoms with van der Waals surface area (Å²) in [6.45, 7) is 1.80. The predicted molar refractivity (Wildman–Crippen MR) is 47.8 cm³/mol. The van der Waals surface area contributed by atoms with E-state index >= 15 is 0 Å². The zero-order chi connectivity index (χ0) is 10.8. The zero-order valence-electron chi connectivity index (χ0n) is 8.14. The third-order valence-corrected chi connectivity index (χ3v) is 2.52. The summed E-state index contributed by atoms with van der Waals surface area (Å²) in [7, 11) is 0. The largest absolute Gasteiger partial charge is 0.480 e. The highest BCUT2D eigenvalue weighted by atomic mass is 16.5. The average Bonchev–Trinajstić information content (AvgIpc) is 2.25. The van der Waals surface area contributed by atoms with Gasteiger partial charge in [0.2, 0.25) is 0 Å². The molecule has 82 valence electrons. The summed E-state index contributed by atoms with van der Waals surface area (Å²) in [6, 6.07) is 0. The first kappa shape index (κ1) is 11.4. The molecule has 0 aromatic rings. The van der Waals surface area contributed by atoms with Crippen molar-refractivity contribution in [3.05, 3.63) is 0 Å². The van der Waals surface area contributed by atoms with E-state index in [1.165, 1.54) is 0 Å². The van der Waals surface area contributed by atoms with Gasteiger partial charge in [-0.15, -0.1) is 0 Å². The molecule has 1 rings (SSSR count). The summed E-state index contributed by atoms with van der Waals surface area (Å²) < 4.78 is 4.96. The number of hydrogen-bond acceptors (Lipinski definition) is 4. The highest BCUT2D eigenvalue weighted by Gasteiger charge is 2.40. The molecule has 0 heterocycles. The van der Waals surface area contributed by atoms with Crippen molar-refractivity contribution in [3.8, 4) is 0 Å². The Labute approximate surface area is 82.3 Å². The van der Waals surface area contributed by atoms with Gasteiger partial charge in [0, 0.05) is 0 Å². The van der Waals surface area contributed by atoms with Crippen LogP contribution < -0.4 is 0 Å².